The first kappa shape index (κ1) is 44.5. The molecule has 0 amide bonds. The summed E-state index contributed by atoms with van der Waals surface area (Å²) in [6, 6.07) is 1.51. The zero-order valence-electron chi connectivity index (χ0n) is 35.9. The van der Waals surface area contributed by atoms with E-state index >= 15 is 0 Å². The van der Waals surface area contributed by atoms with Crippen molar-refractivity contribution in [1.29, 1.82) is 0 Å². The summed E-state index contributed by atoms with van der Waals surface area (Å²) >= 11 is 0. The van der Waals surface area contributed by atoms with E-state index < -0.39 is 148 Å². The van der Waals surface area contributed by atoms with Gasteiger partial charge in [-0.3, -0.25) is 33.6 Å². The molecule has 4 saturated carbocycles. The monoisotopic (exact) mass is 862 g/mol. The van der Waals surface area contributed by atoms with Crippen molar-refractivity contribution in [2.45, 2.75) is 153 Å². The molecule has 336 valence electrons. The maximum absolute atomic E-state index is 14.8. The van der Waals surface area contributed by atoms with Crippen LogP contribution in [0, 0.1) is 28.1 Å². The largest absolute Gasteiger partial charge is 0.472 e. The van der Waals surface area contributed by atoms with Crippen LogP contribution in [-0.4, -0.2) is 118 Å². The SMILES string of the molecule is CCC(=O)OC1C(OC(C)=O)C2(O)C34OC(CC)(CC3C1(C)C(OC(C)=O)c1ccoc1)OC4C1(OC(C)=O)C(OC(C)=O)C3(C)CC1(O)C2(COC(C)=O)C3CC(=O)OC. The molecule has 1 aromatic heterocycles. The van der Waals surface area contributed by atoms with Gasteiger partial charge in [0.25, 0.3) is 0 Å². The topological polar surface area (TPSA) is 256 Å². The van der Waals surface area contributed by atoms with Gasteiger partial charge in [-0.05, 0) is 24.8 Å². The molecule has 19 nitrogen and oxygen atoms in total. The molecule has 2 aliphatic heterocycles. The highest BCUT2D eigenvalue weighted by Crippen LogP contribution is 2.87. The van der Waals surface area contributed by atoms with Gasteiger partial charge in [-0.25, -0.2) is 0 Å². The van der Waals surface area contributed by atoms with Gasteiger partial charge in [-0.15, -0.1) is 0 Å². The van der Waals surface area contributed by atoms with Crippen molar-refractivity contribution >= 4 is 41.8 Å². The Kier molecular flexibility index (Phi) is 10.4. The molecule has 4 aliphatic carbocycles. The molecule has 19 heteroatoms. The van der Waals surface area contributed by atoms with Crippen molar-refractivity contribution < 1.29 is 90.8 Å². The van der Waals surface area contributed by atoms with Gasteiger partial charge < -0.3 is 57.3 Å². The van der Waals surface area contributed by atoms with Crippen LogP contribution in [0.4, 0.5) is 0 Å². The van der Waals surface area contributed by atoms with Crippen molar-refractivity contribution in [2.24, 2.45) is 28.1 Å². The fourth-order valence-electron chi connectivity index (χ4n) is 13.3. The van der Waals surface area contributed by atoms with Crippen LogP contribution < -0.4 is 0 Å². The highest BCUT2D eigenvalue weighted by molar-refractivity contribution is 5.74. The van der Waals surface area contributed by atoms with Gasteiger partial charge in [-0.2, -0.15) is 0 Å². The molecule has 0 aromatic carbocycles. The average Bonchev–Trinajstić information content (AvgIpc) is 3.98. The first-order chi connectivity index (χ1) is 28.4. The average molecular weight is 863 g/mol. The van der Waals surface area contributed by atoms with E-state index in [9.17, 15) is 43.8 Å². The molecule has 2 N–H and O–H groups in total. The number of ether oxygens (including phenoxy) is 9. The molecule has 6 fully saturated rings. The van der Waals surface area contributed by atoms with Gasteiger partial charge in [0.2, 0.25) is 5.60 Å². The molecule has 61 heavy (non-hydrogen) atoms. The predicted octanol–water partition coefficient (Wildman–Crippen LogP) is 2.30. The number of methoxy groups -OCH3 is 1. The smallest absolute Gasteiger partial charge is 0.305 e. The van der Waals surface area contributed by atoms with Gasteiger partial charge in [0.1, 0.15) is 35.6 Å². The zero-order valence-corrected chi connectivity index (χ0v) is 35.9. The molecule has 4 bridgehead atoms. The number of carbonyl (C=O) groups excluding carboxylic acids is 7. The summed E-state index contributed by atoms with van der Waals surface area (Å²) < 4.78 is 62.0. The van der Waals surface area contributed by atoms with E-state index in [-0.39, 0.29) is 24.8 Å². The molecule has 0 radical (unpaired) electrons. The van der Waals surface area contributed by atoms with Gasteiger partial charge in [0.15, 0.2) is 24.1 Å². The maximum atomic E-state index is 14.8. The van der Waals surface area contributed by atoms with Crippen molar-refractivity contribution in [2.75, 3.05) is 13.7 Å². The van der Waals surface area contributed by atoms with Crippen molar-refractivity contribution in [3.8, 4) is 0 Å². The third kappa shape index (κ3) is 5.32. The highest BCUT2D eigenvalue weighted by Gasteiger charge is 3.05. The van der Waals surface area contributed by atoms with E-state index in [2.05, 4.69) is 0 Å². The summed E-state index contributed by atoms with van der Waals surface area (Å²) in [7, 11) is 1.11. The third-order valence-electron chi connectivity index (χ3n) is 15.0. The predicted molar refractivity (Wildman–Crippen MR) is 199 cm³/mol. The molecule has 1 aromatic rings. The summed E-state index contributed by atoms with van der Waals surface area (Å²) in [5.41, 5.74) is -16.6. The van der Waals surface area contributed by atoms with Gasteiger partial charge in [-0.1, -0.05) is 27.7 Å². The summed E-state index contributed by atoms with van der Waals surface area (Å²) in [5, 5.41) is 29.0. The second-order valence-corrected chi connectivity index (χ2v) is 17.9. The summed E-state index contributed by atoms with van der Waals surface area (Å²) in [5.74, 6) is -10.9. The second-order valence-electron chi connectivity index (χ2n) is 17.9. The van der Waals surface area contributed by atoms with Crippen LogP contribution in [0.1, 0.15) is 106 Å². The molecule has 7 rings (SSSR count). The number of esters is 7. The molecule has 15 unspecified atom stereocenters. The van der Waals surface area contributed by atoms with Crippen molar-refractivity contribution in [1.82, 2.24) is 0 Å². The standard InChI is InChI=1S/C42H54O19/c1-11-28(48)58-31-32(56-22(5)45)42(51)38(19-54-20(3)43)26(15-29(49)52-10)35(8)18-39(38,50)41(59-24(7)47,33(35)57-23(6)46)34-40(42)27(16-37(12-2,60-34)61-40)36(31,9)30(55-21(4)44)25-13-14-53-17-25/h13-14,17,26-27,30-34,50-51H,11-12,15-16,18-19H2,1-10H3. The van der Waals surface area contributed by atoms with Crippen molar-refractivity contribution in [3.63, 3.8) is 0 Å². The van der Waals surface area contributed by atoms with E-state index in [0.29, 0.717) is 0 Å². The van der Waals surface area contributed by atoms with Crippen LogP contribution in [0.15, 0.2) is 23.0 Å². The van der Waals surface area contributed by atoms with Crippen LogP contribution in [0.25, 0.3) is 0 Å². The zero-order chi connectivity index (χ0) is 45.1. The Balaban J connectivity index is 1.73. The molecule has 1 spiro atoms. The van der Waals surface area contributed by atoms with Crippen LogP contribution in [0.2, 0.25) is 0 Å². The Morgan fingerprint density at radius 3 is 2.07 bits per heavy atom. The maximum Gasteiger partial charge on any atom is 0.305 e. The summed E-state index contributed by atoms with van der Waals surface area (Å²) in [6.45, 7) is 10.8. The normalized spacial score (nSPS) is 43.7. The lowest BCUT2D eigenvalue weighted by Gasteiger charge is -2.77. The number of aliphatic hydroxyl groups is 2. The van der Waals surface area contributed by atoms with Gasteiger partial charge in [0, 0.05) is 70.8 Å². The Morgan fingerprint density at radius 2 is 1.54 bits per heavy atom. The van der Waals surface area contributed by atoms with Gasteiger partial charge in [0.05, 0.1) is 30.5 Å². The minimum absolute atomic E-state index is 0.0160. The first-order valence-electron chi connectivity index (χ1n) is 20.4. The molecule has 6 aliphatic rings. The van der Waals surface area contributed by atoms with Crippen LogP contribution in [-0.2, 0) is 76.2 Å². The Bertz CT molecular complexity index is 2030. The summed E-state index contributed by atoms with van der Waals surface area (Å²) in [4.78, 5) is 94.6. The number of fused-ring (bicyclic) bond motifs is 4. The lowest BCUT2D eigenvalue weighted by Crippen LogP contribution is -2.97. The molecular formula is C42H54O19. The number of furan rings is 1. The highest BCUT2D eigenvalue weighted by atomic mass is 16.8. The van der Waals surface area contributed by atoms with Crippen molar-refractivity contribution in [3.05, 3.63) is 24.2 Å². The first-order valence-corrected chi connectivity index (χ1v) is 20.4. The quantitative estimate of drug-likeness (QED) is 0.213. The molecule has 2 saturated heterocycles. The lowest BCUT2D eigenvalue weighted by molar-refractivity contribution is -0.447. The Hall–Kier alpha value is -4.59. The fourth-order valence-corrected chi connectivity index (χ4v) is 13.3. The fraction of sp³-hybridized carbons (Fsp3) is 0.738. The number of carbonyl (C=O) groups is 7. The lowest BCUT2D eigenvalue weighted by atomic mass is 9.32. The number of hydrogen-bond acceptors (Lipinski definition) is 19. The molecular weight excluding hydrogens is 808 g/mol. The minimum Gasteiger partial charge on any atom is -0.472 e. The third-order valence-corrected chi connectivity index (χ3v) is 15.0. The molecule has 15 atom stereocenters. The van der Waals surface area contributed by atoms with Crippen LogP contribution >= 0.6 is 0 Å². The Morgan fingerprint density at radius 1 is 0.869 bits per heavy atom. The van der Waals surface area contributed by atoms with E-state index in [1.807, 2.05) is 0 Å². The van der Waals surface area contributed by atoms with Crippen LogP contribution in [0.5, 0.6) is 0 Å². The number of hydrogen-bond donors (Lipinski definition) is 2. The van der Waals surface area contributed by atoms with Gasteiger partial charge >= 0.3 is 41.8 Å². The second kappa shape index (κ2) is 14.2. The summed E-state index contributed by atoms with van der Waals surface area (Å²) in [6.07, 6.45) is -7.87. The van der Waals surface area contributed by atoms with Crippen LogP contribution in [0.3, 0.4) is 0 Å². The Labute approximate surface area is 351 Å². The minimum atomic E-state index is -2.99. The van der Waals surface area contributed by atoms with E-state index in [1.54, 1.807) is 20.8 Å². The number of rotatable bonds is 13. The van der Waals surface area contributed by atoms with E-state index in [1.165, 1.54) is 25.5 Å². The van der Waals surface area contributed by atoms with E-state index in [4.69, 9.17) is 47.0 Å². The van der Waals surface area contributed by atoms with E-state index in [0.717, 1.165) is 41.7 Å². The molecule has 3 heterocycles.